The Morgan fingerprint density at radius 3 is 2.71 bits per heavy atom. The summed E-state index contributed by atoms with van der Waals surface area (Å²) in [4.78, 5) is 4.09. The van der Waals surface area contributed by atoms with Crippen molar-refractivity contribution in [3.63, 3.8) is 0 Å². The van der Waals surface area contributed by atoms with Crippen LogP contribution >= 0.6 is 27.5 Å². The maximum atomic E-state index is 5.80. The number of rotatable bonds is 3. The molecule has 0 unspecified atom stereocenters. The normalized spacial score (nSPS) is 10.1. The molecule has 1 aromatic carbocycles. The van der Waals surface area contributed by atoms with Gasteiger partial charge in [0.05, 0.1) is 16.6 Å². The highest BCUT2D eigenvalue weighted by Gasteiger charge is 2.05. The summed E-state index contributed by atoms with van der Waals surface area (Å²) in [5.74, 6) is 1.84. The molecule has 88 valence electrons. The van der Waals surface area contributed by atoms with Crippen molar-refractivity contribution < 1.29 is 9.47 Å². The summed E-state index contributed by atoms with van der Waals surface area (Å²) in [6.45, 7) is 0. The van der Waals surface area contributed by atoms with Crippen molar-refractivity contribution in [3.8, 4) is 17.4 Å². The number of nitrogens with zero attached hydrogens (tertiary/aromatic N) is 1. The van der Waals surface area contributed by atoms with Crippen molar-refractivity contribution in [2.75, 3.05) is 7.11 Å². The molecule has 0 saturated carbocycles. The van der Waals surface area contributed by atoms with Crippen LogP contribution in [0.25, 0.3) is 0 Å². The van der Waals surface area contributed by atoms with Crippen LogP contribution in [0.5, 0.6) is 17.4 Å². The summed E-state index contributed by atoms with van der Waals surface area (Å²) in [7, 11) is 1.61. The topological polar surface area (TPSA) is 31.4 Å². The van der Waals surface area contributed by atoms with E-state index >= 15 is 0 Å². The summed E-state index contributed by atoms with van der Waals surface area (Å²) in [5.41, 5.74) is 0. The van der Waals surface area contributed by atoms with Gasteiger partial charge in [0.1, 0.15) is 11.5 Å². The number of halogens is 2. The van der Waals surface area contributed by atoms with E-state index in [0.717, 1.165) is 5.75 Å². The predicted molar refractivity (Wildman–Crippen MR) is 70.0 cm³/mol. The van der Waals surface area contributed by atoms with E-state index in [0.29, 0.717) is 21.1 Å². The van der Waals surface area contributed by atoms with E-state index in [1.165, 1.54) is 6.20 Å². The summed E-state index contributed by atoms with van der Waals surface area (Å²) < 4.78 is 11.4. The first-order valence-electron chi connectivity index (χ1n) is 4.82. The van der Waals surface area contributed by atoms with Crippen molar-refractivity contribution in [1.29, 1.82) is 0 Å². The van der Waals surface area contributed by atoms with E-state index in [-0.39, 0.29) is 0 Å². The molecule has 0 N–H and O–H groups in total. The minimum absolute atomic E-state index is 0.461. The SMILES string of the molecule is COc1cccc(Oc2ncc(Cl)cc2Br)c1. The second-order valence-electron chi connectivity index (χ2n) is 3.22. The van der Waals surface area contributed by atoms with Crippen LogP contribution in [0, 0.1) is 0 Å². The molecule has 0 radical (unpaired) electrons. The highest BCUT2D eigenvalue weighted by Crippen LogP contribution is 2.30. The molecule has 0 aliphatic rings. The quantitative estimate of drug-likeness (QED) is 0.846. The molecular formula is C12H9BrClNO2. The van der Waals surface area contributed by atoms with Gasteiger partial charge in [-0.2, -0.15) is 0 Å². The van der Waals surface area contributed by atoms with Crippen molar-refractivity contribution in [2.45, 2.75) is 0 Å². The Morgan fingerprint density at radius 2 is 2.00 bits per heavy atom. The Labute approximate surface area is 112 Å². The zero-order chi connectivity index (χ0) is 12.3. The van der Waals surface area contributed by atoms with Gasteiger partial charge >= 0.3 is 0 Å². The van der Waals surface area contributed by atoms with Gasteiger partial charge in [0, 0.05) is 12.3 Å². The smallest absolute Gasteiger partial charge is 0.233 e. The van der Waals surface area contributed by atoms with Crippen LogP contribution in [0.4, 0.5) is 0 Å². The molecule has 0 atom stereocenters. The molecule has 3 nitrogen and oxygen atoms in total. The van der Waals surface area contributed by atoms with Crippen LogP contribution in [-0.2, 0) is 0 Å². The number of benzene rings is 1. The van der Waals surface area contributed by atoms with E-state index in [1.54, 1.807) is 19.2 Å². The lowest BCUT2D eigenvalue weighted by molar-refractivity contribution is 0.407. The molecular weight excluding hydrogens is 305 g/mol. The van der Waals surface area contributed by atoms with Crippen LogP contribution in [-0.4, -0.2) is 12.1 Å². The van der Waals surface area contributed by atoms with Gasteiger partial charge in [-0.3, -0.25) is 0 Å². The summed E-state index contributed by atoms with van der Waals surface area (Å²) in [5, 5.41) is 0.551. The maximum Gasteiger partial charge on any atom is 0.233 e. The number of ether oxygens (including phenoxy) is 2. The van der Waals surface area contributed by atoms with Crippen LogP contribution < -0.4 is 9.47 Å². The third kappa shape index (κ3) is 3.11. The standard InChI is InChI=1S/C12H9BrClNO2/c1-16-9-3-2-4-10(6-9)17-12-11(13)5-8(14)7-15-12/h2-7H,1H3. The second kappa shape index (κ2) is 5.38. The first kappa shape index (κ1) is 12.2. The van der Waals surface area contributed by atoms with Gasteiger partial charge in [0.2, 0.25) is 5.88 Å². The number of aromatic nitrogens is 1. The molecule has 0 saturated heterocycles. The predicted octanol–water partition coefficient (Wildman–Crippen LogP) is 4.30. The van der Waals surface area contributed by atoms with Gasteiger partial charge in [0.15, 0.2) is 0 Å². The van der Waals surface area contributed by atoms with E-state index < -0.39 is 0 Å². The summed E-state index contributed by atoms with van der Waals surface area (Å²) in [6, 6.07) is 9.02. The van der Waals surface area contributed by atoms with Gasteiger partial charge in [0.25, 0.3) is 0 Å². The molecule has 0 bridgehead atoms. The maximum absolute atomic E-state index is 5.80. The Kier molecular flexibility index (Phi) is 3.86. The third-order valence-corrected chi connectivity index (χ3v) is 2.80. The van der Waals surface area contributed by atoms with Gasteiger partial charge in [-0.1, -0.05) is 17.7 Å². The molecule has 0 aliphatic heterocycles. The highest BCUT2D eigenvalue weighted by atomic mass is 79.9. The van der Waals surface area contributed by atoms with Crippen molar-refractivity contribution >= 4 is 27.5 Å². The largest absolute Gasteiger partial charge is 0.497 e. The number of pyridine rings is 1. The fourth-order valence-electron chi connectivity index (χ4n) is 1.25. The van der Waals surface area contributed by atoms with Crippen LogP contribution in [0.3, 0.4) is 0 Å². The van der Waals surface area contributed by atoms with Gasteiger partial charge < -0.3 is 9.47 Å². The molecule has 1 heterocycles. The van der Waals surface area contributed by atoms with Crippen molar-refractivity contribution in [3.05, 3.63) is 46.0 Å². The minimum atomic E-state index is 0.461. The Morgan fingerprint density at radius 1 is 1.24 bits per heavy atom. The van der Waals surface area contributed by atoms with Crippen molar-refractivity contribution in [1.82, 2.24) is 4.98 Å². The molecule has 2 rings (SSSR count). The van der Waals surface area contributed by atoms with E-state index in [9.17, 15) is 0 Å². The molecule has 0 aliphatic carbocycles. The average Bonchev–Trinajstić information content (AvgIpc) is 2.33. The lowest BCUT2D eigenvalue weighted by atomic mass is 10.3. The van der Waals surface area contributed by atoms with E-state index in [2.05, 4.69) is 20.9 Å². The van der Waals surface area contributed by atoms with Crippen LogP contribution in [0.1, 0.15) is 0 Å². The van der Waals surface area contributed by atoms with E-state index in [4.69, 9.17) is 21.1 Å². The van der Waals surface area contributed by atoms with Crippen LogP contribution in [0.2, 0.25) is 5.02 Å². The molecule has 17 heavy (non-hydrogen) atoms. The molecule has 0 spiro atoms. The Balaban J connectivity index is 2.25. The monoisotopic (exact) mass is 313 g/mol. The molecule has 2 aromatic rings. The fraction of sp³-hybridized carbons (Fsp3) is 0.0833. The Bertz CT molecular complexity index is 534. The lowest BCUT2D eigenvalue weighted by Gasteiger charge is -2.07. The molecule has 0 amide bonds. The van der Waals surface area contributed by atoms with Gasteiger partial charge in [-0.25, -0.2) is 4.98 Å². The first-order valence-corrected chi connectivity index (χ1v) is 5.99. The number of hydrogen-bond donors (Lipinski definition) is 0. The zero-order valence-corrected chi connectivity index (χ0v) is 11.3. The molecule has 5 heteroatoms. The minimum Gasteiger partial charge on any atom is -0.497 e. The third-order valence-electron chi connectivity index (χ3n) is 2.03. The lowest BCUT2D eigenvalue weighted by Crippen LogP contribution is -1.90. The summed E-state index contributed by atoms with van der Waals surface area (Å²) in [6.07, 6.45) is 1.53. The summed E-state index contributed by atoms with van der Waals surface area (Å²) >= 11 is 9.14. The average molecular weight is 315 g/mol. The molecule has 0 fully saturated rings. The second-order valence-corrected chi connectivity index (χ2v) is 4.51. The fourth-order valence-corrected chi connectivity index (χ4v) is 1.97. The van der Waals surface area contributed by atoms with E-state index in [1.807, 2.05) is 18.2 Å². The highest BCUT2D eigenvalue weighted by molar-refractivity contribution is 9.10. The number of methoxy groups -OCH3 is 1. The first-order chi connectivity index (χ1) is 8.19. The zero-order valence-electron chi connectivity index (χ0n) is 8.98. The van der Waals surface area contributed by atoms with Crippen molar-refractivity contribution in [2.24, 2.45) is 0 Å². The van der Waals surface area contributed by atoms with Gasteiger partial charge in [-0.05, 0) is 34.1 Å². The number of hydrogen-bond acceptors (Lipinski definition) is 3. The molecule has 1 aromatic heterocycles. The Hall–Kier alpha value is -1.26. The van der Waals surface area contributed by atoms with Gasteiger partial charge in [-0.15, -0.1) is 0 Å². The van der Waals surface area contributed by atoms with Crippen LogP contribution in [0.15, 0.2) is 41.0 Å².